The Morgan fingerprint density at radius 2 is 1.34 bits per heavy atom. The molecule has 1 radical (unpaired) electrons. The summed E-state index contributed by atoms with van der Waals surface area (Å²) in [5.74, 6) is 0. The summed E-state index contributed by atoms with van der Waals surface area (Å²) in [6, 6.07) is 51.5. The van der Waals surface area contributed by atoms with Crippen molar-refractivity contribution in [1.82, 2.24) is 9.97 Å². The summed E-state index contributed by atoms with van der Waals surface area (Å²) >= 11 is 1.67. The second-order valence-electron chi connectivity index (χ2n) is 14.8. The Balaban J connectivity index is 0.000000166. The van der Waals surface area contributed by atoms with Crippen molar-refractivity contribution < 1.29 is 27.0 Å². The molecule has 0 bridgehead atoms. The third kappa shape index (κ3) is 7.57. The first-order chi connectivity index (χ1) is 28.8. The van der Waals surface area contributed by atoms with E-state index in [4.69, 9.17) is 11.8 Å². The molecule has 10 rings (SSSR count). The third-order valence-corrected chi connectivity index (χ3v) is 13.3. The van der Waals surface area contributed by atoms with Gasteiger partial charge in [-0.1, -0.05) is 171 Å². The van der Waals surface area contributed by atoms with Gasteiger partial charge in [0.05, 0.1) is 9.44 Å². The van der Waals surface area contributed by atoms with Gasteiger partial charge in [0.1, 0.15) is 0 Å². The van der Waals surface area contributed by atoms with Crippen LogP contribution in [-0.2, 0) is 32.9 Å². The van der Waals surface area contributed by atoms with E-state index in [1.54, 1.807) is 17.4 Å². The summed E-state index contributed by atoms with van der Waals surface area (Å²) in [5, 5.41) is 5.81. The molecule has 0 N–H and O–H groups in total. The summed E-state index contributed by atoms with van der Waals surface area (Å²) in [4.78, 5) is 9.37. The molecule has 1 aliphatic rings. The molecule has 0 aliphatic heterocycles. The maximum absolute atomic E-state index is 8.88. The number of nitrogens with zero attached hydrogens (tertiary/aromatic N) is 2. The summed E-state index contributed by atoms with van der Waals surface area (Å²) < 4.78 is 45.9. The van der Waals surface area contributed by atoms with Gasteiger partial charge in [-0.3, -0.25) is 0 Å². The van der Waals surface area contributed by atoms with E-state index < -0.39 is 20.8 Å². The number of aromatic nitrogens is 2. The predicted molar refractivity (Wildman–Crippen MR) is 238 cm³/mol. The van der Waals surface area contributed by atoms with Crippen molar-refractivity contribution in [3.63, 3.8) is 0 Å². The van der Waals surface area contributed by atoms with Gasteiger partial charge in [0.2, 0.25) is 0 Å². The van der Waals surface area contributed by atoms with Crippen LogP contribution >= 0.6 is 11.3 Å². The third-order valence-electron chi connectivity index (χ3n) is 10.2. The van der Waals surface area contributed by atoms with Crippen LogP contribution in [0.15, 0.2) is 152 Å². The van der Waals surface area contributed by atoms with Gasteiger partial charge in [-0.15, -0.1) is 52.6 Å². The summed E-state index contributed by atoms with van der Waals surface area (Å²) in [5.41, 5.74) is 7.59. The first kappa shape index (κ1) is 32.1. The molecule has 0 amide bonds. The molecule has 3 heterocycles. The van der Waals surface area contributed by atoms with Crippen molar-refractivity contribution in [2.75, 3.05) is 0 Å². The predicted octanol–water partition coefficient (Wildman–Crippen LogP) is 13.4. The molecule has 0 saturated carbocycles. The van der Waals surface area contributed by atoms with E-state index in [2.05, 4.69) is 91.4 Å². The minimum Gasteiger partial charge on any atom is -0.305 e. The van der Waals surface area contributed by atoms with Crippen molar-refractivity contribution in [1.29, 1.82) is 0 Å². The topological polar surface area (TPSA) is 25.8 Å². The molecule has 1 aliphatic carbocycles. The standard InChI is InChI=1S/C27H16NS.C24H26NSi.Ir/c1-2-7-18(8-3-1)20-13-14-22-23-11-6-12-24(27(23)29-26(22)16-20)25-15-19-9-4-5-10-21(19)17-28-25;1-26(2,3)19-13-16-24(25-17-19)23-15-14-20(18-9-5-4-6-10-18)21-11-7-8-12-22(21)23;/h1-11,13-17H;4-6,9-10,13-14,16-17H,7-8,11-12H2,1-3H3;/q2*-1;/i16D;11D2,12D2;. The zero-order valence-electron chi connectivity index (χ0n) is 36.4. The van der Waals surface area contributed by atoms with Crippen LogP contribution in [0.25, 0.3) is 75.7 Å². The van der Waals surface area contributed by atoms with Gasteiger partial charge in [-0.2, -0.15) is 11.3 Å². The molecule has 2 nitrogen and oxygen atoms in total. The zero-order valence-corrected chi connectivity index (χ0v) is 35.6. The van der Waals surface area contributed by atoms with E-state index in [0.29, 0.717) is 34.0 Å². The van der Waals surface area contributed by atoms with Crippen LogP contribution in [0.5, 0.6) is 0 Å². The number of hydrogen-bond donors (Lipinski definition) is 0. The van der Waals surface area contributed by atoms with Crippen LogP contribution in [-0.4, -0.2) is 18.0 Å². The monoisotopic (exact) mass is 940 g/mol. The molecule has 0 saturated heterocycles. The smallest absolute Gasteiger partial charge is 0.0795 e. The number of rotatable bonds is 5. The van der Waals surface area contributed by atoms with Gasteiger partial charge in [-0.05, 0) is 61.0 Å². The second kappa shape index (κ2) is 16.2. The first-order valence-corrected chi connectivity index (χ1v) is 23.0. The van der Waals surface area contributed by atoms with Crippen molar-refractivity contribution in [2.24, 2.45) is 0 Å². The second-order valence-corrected chi connectivity index (χ2v) is 20.9. The molecular formula is C51H42IrN2SSi-2. The largest absolute Gasteiger partial charge is 0.305 e. The fraction of sp³-hybridized carbons (Fsp3) is 0.137. The van der Waals surface area contributed by atoms with E-state index in [1.807, 2.05) is 85.2 Å². The number of benzene rings is 6. The molecule has 5 heteroatoms. The molecule has 0 unspecified atom stereocenters. The van der Waals surface area contributed by atoms with E-state index in [9.17, 15) is 0 Å². The number of pyridine rings is 2. The van der Waals surface area contributed by atoms with Gasteiger partial charge < -0.3 is 9.97 Å². The zero-order chi connectivity index (χ0) is 41.8. The van der Waals surface area contributed by atoms with Gasteiger partial charge in [-0.25, -0.2) is 0 Å². The van der Waals surface area contributed by atoms with Crippen LogP contribution in [0.1, 0.15) is 30.8 Å². The Morgan fingerprint density at radius 3 is 2.07 bits per heavy atom. The number of thiophene rings is 1. The Hall–Kier alpha value is -5.03. The Labute approximate surface area is 355 Å². The fourth-order valence-electron chi connectivity index (χ4n) is 7.18. The molecule has 277 valence electrons. The van der Waals surface area contributed by atoms with Crippen molar-refractivity contribution in [3.05, 3.63) is 175 Å². The molecule has 0 fully saturated rings. The van der Waals surface area contributed by atoms with E-state index in [0.717, 1.165) is 53.5 Å². The molecule has 56 heavy (non-hydrogen) atoms. The number of hydrogen-bond acceptors (Lipinski definition) is 3. The summed E-state index contributed by atoms with van der Waals surface area (Å²) in [7, 11) is -1.50. The maximum Gasteiger partial charge on any atom is 0.0795 e. The van der Waals surface area contributed by atoms with Crippen LogP contribution in [0.2, 0.25) is 19.6 Å². The first-order valence-electron chi connectivity index (χ1n) is 21.2. The van der Waals surface area contributed by atoms with Gasteiger partial charge in [0.25, 0.3) is 0 Å². The average Bonchev–Trinajstić information content (AvgIpc) is 3.65. The Kier molecular flexibility index (Phi) is 9.29. The minimum absolute atomic E-state index is 0. The van der Waals surface area contributed by atoms with Crippen LogP contribution in [0.3, 0.4) is 0 Å². The van der Waals surface area contributed by atoms with Crippen molar-refractivity contribution >= 4 is 55.5 Å². The molecule has 9 aromatic rings. The van der Waals surface area contributed by atoms with Crippen LogP contribution < -0.4 is 5.19 Å². The summed E-state index contributed by atoms with van der Waals surface area (Å²) in [6.07, 6.45) is 0.844. The van der Waals surface area contributed by atoms with E-state index in [1.165, 1.54) is 10.6 Å². The number of fused-ring (bicyclic) bond motifs is 5. The van der Waals surface area contributed by atoms with Crippen molar-refractivity contribution in [3.8, 4) is 44.8 Å². The van der Waals surface area contributed by atoms with Crippen LogP contribution in [0, 0.1) is 12.1 Å². The van der Waals surface area contributed by atoms with Crippen molar-refractivity contribution in [2.45, 2.75) is 45.2 Å². The molecular weight excluding hydrogens is 893 g/mol. The Morgan fingerprint density at radius 1 is 0.643 bits per heavy atom. The van der Waals surface area contributed by atoms with Crippen LogP contribution in [0.4, 0.5) is 0 Å². The van der Waals surface area contributed by atoms with E-state index in [-0.39, 0.29) is 32.9 Å². The average molecular weight is 940 g/mol. The quantitative estimate of drug-likeness (QED) is 0.127. The normalized spacial score (nSPS) is 15.6. The fourth-order valence-corrected chi connectivity index (χ4v) is 9.43. The van der Waals surface area contributed by atoms with E-state index >= 15 is 0 Å². The molecule has 3 aromatic heterocycles. The van der Waals surface area contributed by atoms with Gasteiger partial charge in [0.15, 0.2) is 0 Å². The van der Waals surface area contributed by atoms with Gasteiger partial charge in [0, 0.05) is 42.7 Å². The SMILES string of the molecule is [2H]C1([2H])CCC([2H])([2H])c2c(-c3ccccc3)c[c-]c(-c3ccc([Si](C)(C)C)cn3)c21.[2H]c1c(-c2ccccc2)ccc2c1sc1c(-c3cc4ccccc4cn3)[c-]ccc12.[Ir]. The molecule has 6 aromatic carbocycles. The Bertz CT molecular complexity index is 3040. The van der Waals surface area contributed by atoms with Gasteiger partial charge >= 0.3 is 0 Å². The maximum atomic E-state index is 8.88. The minimum atomic E-state index is -1.64. The molecule has 0 spiro atoms. The summed E-state index contributed by atoms with van der Waals surface area (Å²) in [6.45, 7) is 6.79. The molecule has 0 atom stereocenters.